The van der Waals surface area contributed by atoms with Crippen LogP contribution in [0.3, 0.4) is 0 Å². The number of carbonyl (C=O) groups excluding carboxylic acids is 1. The second kappa shape index (κ2) is 5.44. The summed E-state index contributed by atoms with van der Waals surface area (Å²) in [6.07, 6.45) is 1.74. The lowest BCUT2D eigenvalue weighted by Crippen LogP contribution is -2.26. The average Bonchev–Trinajstić information content (AvgIpc) is 2.55. The topological polar surface area (TPSA) is 35.5 Å². The fourth-order valence-corrected chi connectivity index (χ4v) is 2.51. The van der Waals surface area contributed by atoms with Gasteiger partial charge in [0.2, 0.25) is 0 Å². The first-order chi connectivity index (χ1) is 10.2. The normalized spacial score (nSPS) is 16.8. The molecule has 0 N–H and O–H groups in total. The summed E-state index contributed by atoms with van der Waals surface area (Å²) in [4.78, 5) is 12.6. The lowest BCUT2D eigenvalue weighted by molar-refractivity contribution is 0.0896. The van der Waals surface area contributed by atoms with Gasteiger partial charge in [-0.2, -0.15) is 0 Å². The van der Waals surface area contributed by atoms with Crippen molar-refractivity contribution in [2.75, 3.05) is 13.7 Å². The number of Topliss-reactive ketones (excluding diaryl/α,β-unsaturated/α-hetero) is 1. The van der Waals surface area contributed by atoms with Gasteiger partial charge in [0.05, 0.1) is 18.6 Å². The average molecular weight is 280 g/mol. The van der Waals surface area contributed by atoms with Crippen LogP contribution in [-0.2, 0) is 0 Å². The van der Waals surface area contributed by atoms with E-state index in [4.69, 9.17) is 9.47 Å². The molecule has 3 nitrogen and oxygen atoms in total. The van der Waals surface area contributed by atoms with Crippen LogP contribution in [0.25, 0.3) is 6.08 Å². The lowest BCUT2D eigenvalue weighted by Gasteiger charge is -2.24. The molecule has 0 fully saturated rings. The van der Waals surface area contributed by atoms with Gasteiger partial charge in [0.1, 0.15) is 18.1 Å². The molecule has 0 saturated heterocycles. The monoisotopic (exact) mass is 280 g/mol. The maximum Gasteiger partial charge on any atom is 0.177 e. The summed E-state index contributed by atoms with van der Waals surface area (Å²) in [5.74, 6) is 1.25. The van der Waals surface area contributed by atoms with Crippen molar-refractivity contribution < 1.29 is 14.3 Å². The second-order valence-corrected chi connectivity index (χ2v) is 4.96. The summed E-state index contributed by atoms with van der Waals surface area (Å²) in [5.41, 5.74) is 2.52. The third-order valence-electron chi connectivity index (χ3n) is 3.75. The van der Waals surface area contributed by atoms with Gasteiger partial charge >= 0.3 is 0 Å². The molecule has 0 aliphatic carbocycles. The third kappa shape index (κ3) is 2.42. The number of hydrogen-bond donors (Lipinski definition) is 0. The number of methoxy groups -OCH3 is 1. The van der Waals surface area contributed by atoms with Crippen molar-refractivity contribution in [2.24, 2.45) is 0 Å². The highest BCUT2D eigenvalue weighted by atomic mass is 16.5. The fourth-order valence-electron chi connectivity index (χ4n) is 2.51. The molecule has 2 aromatic carbocycles. The summed E-state index contributed by atoms with van der Waals surface area (Å²) in [6, 6.07) is 13.1. The van der Waals surface area contributed by atoms with Crippen LogP contribution in [0.4, 0.5) is 0 Å². The van der Waals surface area contributed by atoms with Crippen molar-refractivity contribution in [3.8, 4) is 11.5 Å². The Morgan fingerprint density at radius 3 is 2.67 bits per heavy atom. The van der Waals surface area contributed by atoms with E-state index < -0.39 is 0 Å². The van der Waals surface area contributed by atoms with Crippen molar-refractivity contribution in [3.63, 3.8) is 0 Å². The summed E-state index contributed by atoms with van der Waals surface area (Å²) < 4.78 is 10.9. The molecular weight excluding hydrogens is 264 g/mol. The number of carbonyl (C=O) groups is 1. The van der Waals surface area contributed by atoms with Gasteiger partial charge in [-0.1, -0.05) is 30.9 Å². The Morgan fingerprint density at radius 2 is 2.00 bits per heavy atom. The van der Waals surface area contributed by atoms with E-state index in [1.54, 1.807) is 13.2 Å². The van der Waals surface area contributed by atoms with Gasteiger partial charge in [0.15, 0.2) is 5.78 Å². The Labute approximate surface area is 123 Å². The summed E-state index contributed by atoms with van der Waals surface area (Å²) in [5, 5.41) is 0. The molecule has 1 aliphatic rings. The number of fused-ring (bicyclic) bond motifs is 1. The van der Waals surface area contributed by atoms with Crippen LogP contribution in [0, 0.1) is 0 Å². The standard InChI is InChI=1S/C18H16O3/c1-3-12-4-9-15-17(10-12)21-11-16(18(15)19)13-5-7-14(20-2)8-6-13/h3-10,16H,1,11H2,2H3. The highest BCUT2D eigenvalue weighted by molar-refractivity contribution is 6.04. The molecular formula is C18H16O3. The lowest BCUT2D eigenvalue weighted by atomic mass is 9.88. The van der Waals surface area contributed by atoms with Crippen LogP contribution < -0.4 is 9.47 Å². The molecule has 0 saturated carbocycles. The van der Waals surface area contributed by atoms with Gasteiger partial charge in [-0.25, -0.2) is 0 Å². The first-order valence-electron chi connectivity index (χ1n) is 6.80. The van der Waals surface area contributed by atoms with Crippen LogP contribution in [0.5, 0.6) is 11.5 Å². The minimum Gasteiger partial charge on any atom is -0.497 e. The molecule has 2 aromatic rings. The van der Waals surface area contributed by atoms with E-state index in [0.717, 1.165) is 16.9 Å². The van der Waals surface area contributed by atoms with E-state index >= 15 is 0 Å². The molecule has 1 heterocycles. The van der Waals surface area contributed by atoms with Crippen LogP contribution in [0.15, 0.2) is 49.0 Å². The molecule has 0 aromatic heterocycles. The number of benzene rings is 2. The van der Waals surface area contributed by atoms with E-state index in [1.807, 2.05) is 42.5 Å². The van der Waals surface area contributed by atoms with Gasteiger partial charge in [-0.15, -0.1) is 0 Å². The highest BCUT2D eigenvalue weighted by Crippen LogP contribution is 2.33. The van der Waals surface area contributed by atoms with Crippen molar-refractivity contribution in [1.82, 2.24) is 0 Å². The van der Waals surface area contributed by atoms with Crippen LogP contribution in [-0.4, -0.2) is 19.5 Å². The zero-order valence-corrected chi connectivity index (χ0v) is 11.8. The quantitative estimate of drug-likeness (QED) is 0.860. The van der Waals surface area contributed by atoms with Gasteiger partial charge < -0.3 is 9.47 Å². The minimum atomic E-state index is -0.266. The van der Waals surface area contributed by atoms with Gasteiger partial charge in [-0.3, -0.25) is 4.79 Å². The summed E-state index contributed by atoms with van der Waals surface area (Å²) >= 11 is 0. The number of ketones is 1. The van der Waals surface area contributed by atoms with Gasteiger partial charge in [0, 0.05) is 0 Å². The molecule has 106 valence electrons. The number of hydrogen-bond acceptors (Lipinski definition) is 3. The predicted molar refractivity (Wildman–Crippen MR) is 82.1 cm³/mol. The highest BCUT2D eigenvalue weighted by Gasteiger charge is 2.30. The summed E-state index contributed by atoms with van der Waals surface area (Å²) in [7, 11) is 1.62. The molecule has 1 unspecified atom stereocenters. The van der Waals surface area contributed by atoms with Crippen molar-refractivity contribution >= 4 is 11.9 Å². The van der Waals surface area contributed by atoms with E-state index in [-0.39, 0.29) is 11.7 Å². The Hall–Kier alpha value is -2.55. The molecule has 0 radical (unpaired) electrons. The van der Waals surface area contributed by atoms with Gasteiger partial charge in [-0.05, 0) is 35.4 Å². The zero-order valence-electron chi connectivity index (χ0n) is 11.8. The predicted octanol–water partition coefficient (Wildman–Crippen LogP) is 3.70. The molecule has 1 atom stereocenters. The second-order valence-electron chi connectivity index (χ2n) is 4.96. The maximum absolute atomic E-state index is 12.6. The Morgan fingerprint density at radius 1 is 1.24 bits per heavy atom. The van der Waals surface area contributed by atoms with Crippen molar-refractivity contribution in [1.29, 1.82) is 0 Å². The largest absolute Gasteiger partial charge is 0.497 e. The Kier molecular flexibility index (Phi) is 3.48. The number of rotatable bonds is 3. The Bertz CT molecular complexity index is 686. The molecule has 21 heavy (non-hydrogen) atoms. The fraction of sp³-hybridized carbons (Fsp3) is 0.167. The van der Waals surface area contributed by atoms with Crippen molar-refractivity contribution in [3.05, 3.63) is 65.7 Å². The zero-order chi connectivity index (χ0) is 14.8. The molecule has 0 amide bonds. The summed E-state index contributed by atoms with van der Waals surface area (Å²) in [6.45, 7) is 4.09. The molecule has 3 heteroatoms. The molecule has 1 aliphatic heterocycles. The van der Waals surface area contributed by atoms with Gasteiger partial charge in [0.25, 0.3) is 0 Å². The van der Waals surface area contributed by atoms with Crippen LogP contribution >= 0.6 is 0 Å². The van der Waals surface area contributed by atoms with E-state index in [9.17, 15) is 4.79 Å². The van der Waals surface area contributed by atoms with E-state index in [1.165, 1.54) is 0 Å². The number of ether oxygens (including phenoxy) is 2. The third-order valence-corrected chi connectivity index (χ3v) is 3.75. The van der Waals surface area contributed by atoms with E-state index in [0.29, 0.717) is 17.9 Å². The minimum absolute atomic E-state index is 0.0945. The van der Waals surface area contributed by atoms with Crippen molar-refractivity contribution in [2.45, 2.75) is 5.92 Å². The molecule has 3 rings (SSSR count). The first kappa shape index (κ1) is 13.4. The Balaban J connectivity index is 1.92. The SMILES string of the molecule is C=Cc1ccc2c(c1)OCC(c1ccc(OC)cc1)C2=O. The van der Waals surface area contributed by atoms with E-state index in [2.05, 4.69) is 6.58 Å². The van der Waals surface area contributed by atoms with Crippen LogP contribution in [0.1, 0.15) is 27.4 Å². The smallest absolute Gasteiger partial charge is 0.177 e. The molecule has 0 bridgehead atoms. The van der Waals surface area contributed by atoms with Crippen LogP contribution in [0.2, 0.25) is 0 Å². The first-order valence-corrected chi connectivity index (χ1v) is 6.80. The maximum atomic E-state index is 12.6. The molecule has 0 spiro atoms.